The van der Waals surface area contributed by atoms with E-state index in [-0.39, 0.29) is 0 Å². The van der Waals surface area contributed by atoms with Crippen LogP contribution in [0.4, 0.5) is 5.69 Å². The van der Waals surface area contributed by atoms with Crippen molar-refractivity contribution in [1.82, 2.24) is 4.98 Å². The molecular weight excluding hydrogens is 216 g/mol. The van der Waals surface area contributed by atoms with E-state index < -0.39 is 6.10 Å². The zero-order valence-electron chi connectivity index (χ0n) is 10.5. The molecule has 4 heteroatoms. The fraction of sp³-hybridized carbons (Fsp3) is 0.615. The molecule has 1 atom stereocenters. The second-order valence-corrected chi connectivity index (χ2v) is 4.57. The molecule has 1 aliphatic heterocycles. The number of hydrogen-bond donors (Lipinski definition) is 1. The van der Waals surface area contributed by atoms with Crippen LogP contribution < -0.4 is 4.90 Å². The zero-order valence-corrected chi connectivity index (χ0v) is 10.5. The molecule has 0 aromatic carbocycles. The van der Waals surface area contributed by atoms with Gasteiger partial charge in [-0.2, -0.15) is 0 Å². The molecule has 1 aliphatic rings. The third-order valence-corrected chi connectivity index (χ3v) is 3.34. The molecule has 0 spiro atoms. The van der Waals surface area contributed by atoms with E-state index in [2.05, 4.69) is 16.9 Å². The first-order valence-electron chi connectivity index (χ1n) is 6.13. The molecular formula is C13H20N2O2. The first kappa shape index (κ1) is 12.3. The molecule has 0 bridgehead atoms. The van der Waals surface area contributed by atoms with Gasteiger partial charge in [-0.3, -0.25) is 4.98 Å². The number of pyridine rings is 1. The first-order valence-corrected chi connectivity index (χ1v) is 6.13. The van der Waals surface area contributed by atoms with Gasteiger partial charge >= 0.3 is 0 Å². The molecule has 1 saturated heterocycles. The lowest BCUT2D eigenvalue weighted by atomic mass is 10.1. The van der Waals surface area contributed by atoms with Crippen molar-refractivity contribution >= 4 is 5.69 Å². The molecule has 2 rings (SSSR count). The minimum atomic E-state index is -0.502. The van der Waals surface area contributed by atoms with Crippen LogP contribution in [0.15, 0.2) is 18.3 Å². The summed E-state index contributed by atoms with van der Waals surface area (Å²) in [6, 6.07) is 4.43. The predicted octanol–water partition coefficient (Wildman–Crippen LogP) is 1.75. The van der Waals surface area contributed by atoms with Gasteiger partial charge in [0, 0.05) is 26.3 Å². The summed E-state index contributed by atoms with van der Waals surface area (Å²) in [5, 5.41) is 9.41. The van der Waals surface area contributed by atoms with E-state index >= 15 is 0 Å². The summed E-state index contributed by atoms with van der Waals surface area (Å²) in [5.41, 5.74) is 1.82. The third-order valence-electron chi connectivity index (χ3n) is 3.34. The van der Waals surface area contributed by atoms with Crippen LogP contribution in [0.25, 0.3) is 0 Å². The highest BCUT2D eigenvalue weighted by Gasteiger charge is 2.19. The first-order chi connectivity index (χ1) is 8.18. The van der Waals surface area contributed by atoms with E-state index in [1.54, 1.807) is 6.92 Å². The summed E-state index contributed by atoms with van der Waals surface area (Å²) >= 11 is 0. The highest BCUT2D eigenvalue weighted by Crippen LogP contribution is 2.21. The largest absolute Gasteiger partial charge is 0.387 e. The Morgan fingerprint density at radius 1 is 1.41 bits per heavy atom. The van der Waals surface area contributed by atoms with Gasteiger partial charge < -0.3 is 14.7 Å². The Balaban J connectivity index is 2.05. The minimum Gasteiger partial charge on any atom is -0.387 e. The number of aromatic nitrogens is 1. The number of hydrogen-bond acceptors (Lipinski definition) is 4. The Morgan fingerprint density at radius 3 is 2.65 bits per heavy atom. The van der Waals surface area contributed by atoms with Gasteiger partial charge in [0.2, 0.25) is 0 Å². The molecule has 0 aliphatic carbocycles. The quantitative estimate of drug-likeness (QED) is 0.868. The number of rotatable bonds is 3. The molecule has 1 aromatic heterocycles. The van der Waals surface area contributed by atoms with Crippen LogP contribution >= 0.6 is 0 Å². The van der Waals surface area contributed by atoms with Gasteiger partial charge in [-0.15, -0.1) is 0 Å². The van der Waals surface area contributed by atoms with E-state index in [0.717, 1.165) is 31.7 Å². The van der Waals surface area contributed by atoms with E-state index in [0.29, 0.717) is 11.7 Å². The number of anilines is 1. The Labute approximate surface area is 102 Å². The third kappa shape index (κ3) is 2.96. The van der Waals surface area contributed by atoms with Crippen LogP contribution in [0.1, 0.15) is 31.6 Å². The average Bonchev–Trinajstić information content (AvgIpc) is 2.39. The molecule has 1 fully saturated rings. The van der Waals surface area contributed by atoms with Crippen molar-refractivity contribution in [2.45, 2.75) is 31.9 Å². The Morgan fingerprint density at radius 2 is 2.12 bits per heavy atom. The SMILES string of the molecule is C[C@H](O)c1ccc(N(C)C2CCOCC2)cn1. The van der Waals surface area contributed by atoms with Crippen LogP contribution in [0.2, 0.25) is 0 Å². The summed E-state index contributed by atoms with van der Waals surface area (Å²) in [7, 11) is 2.09. The van der Waals surface area contributed by atoms with Crippen molar-refractivity contribution < 1.29 is 9.84 Å². The van der Waals surface area contributed by atoms with Crippen LogP contribution in [-0.4, -0.2) is 36.4 Å². The van der Waals surface area contributed by atoms with Crippen LogP contribution in [0, 0.1) is 0 Å². The van der Waals surface area contributed by atoms with Crippen molar-refractivity contribution in [3.63, 3.8) is 0 Å². The normalized spacial score (nSPS) is 19.0. The maximum Gasteiger partial charge on any atom is 0.0931 e. The Hall–Kier alpha value is -1.13. The van der Waals surface area contributed by atoms with E-state index in [1.807, 2.05) is 18.3 Å². The van der Waals surface area contributed by atoms with Gasteiger partial charge in [0.05, 0.1) is 23.7 Å². The van der Waals surface area contributed by atoms with Crippen LogP contribution in [0.5, 0.6) is 0 Å². The average molecular weight is 236 g/mol. The second-order valence-electron chi connectivity index (χ2n) is 4.57. The van der Waals surface area contributed by atoms with Gasteiger partial charge in [0.15, 0.2) is 0 Å². The number of nitrogens with zero attached hydrogens (tertiary/aromatic N) is 2. The maximum absolute atomic E-state index is 9.41. The van der Waals surface area contributed by atoms with E-state index in [1.165, 1.54) is 0 Å². The molecule has 94 valence electrons. The van der Waals surface area contributed by atoms with Crippen LogP contribution in [0.3, 0.4) is 0 Å². The summed E-state index contributed by atoms with van der Waals surface area (Å²) in [6.07, 6.45) is 3.46. The Bertz CT molecular complexity index is 345. The van der Waals surface area contributed by atoms with Gasteiger partial charge in [0.1, 0.15) is 0 Å². The molecule has 0 amide bonds. The number of aliphatic hydroxyl groups excluding tert-OH is 1. The summed E-state index contributed by atoms with van der Waals surface area (Å²) in [4.78, 5) is 6.52. The zero-order chi connectivity index (χ0) is 12.3. The maximum atomic E-state index is 9.41. The Kier molecular flexibility index (Phi) is 3.97. The summed E-state index contributed by atoms with van der Waals surface area (Å²) in [6.45, 7) is 3.41. The second kappa shape index (κ2) is 5.47. The van der Waals surface area contributed by atoms with Crippen molar-refractivity contribution in [1.29, 1.82) is 0 Å². The van der Waals surface area contributed by atoms with E-state index in [4.69, 9.17) is 4.74 Å². The molecule has 1 aromatic rings. The van der Waals surface area contributed by atoms with Gasteiger partial charge in [0.25, 0.3) is 0 Å². The fourth-order valence-electron chi connectivity index (χ4n) is 2.14. The monoisotopic (exact) mass is 236 g/mol. The van der Waals surface area contributed by atoms with Crippen LogP contribution in [-0.2, 0) is 4.74 Å². The van der Waals surface area contributed by atoms with Gasteiger partial charge in [-0.25, -0.2) is 0 Å². The van der Waals surface area contributed by atoms with Crippen molar-refractivity contribution in [2.75, 3.05) is 25.2 Å². The molecule has 0 radical (unpaired) electrons. The van der Waals surface area contributed by atoms with Crippen molar-refractivity contribution in [3.05, 3.63) is 24.0 Å². The van der Waals surface area contributed by atoms with Gasteiger partial charge in [-0.05, 0) is 31.9 Å². The molecule has 0 saturated carbocycles. The highest BCUT2D eigenvalue weighted by atomic mass is 16.5. The predicted molar refractivity (Wildman–Crippen MR) is 67.1 cm³/mol. The molecule has 1 N–H and O–H groups in total. The highest BCUT2D eigenvalue weighted by molar-refractivity contribution is 5.45. The topological polar surface area (TPSA) is 45.6 Å². The molecule has 17 heavy (non-hydrogen) atoms. The summed E-state index contributed by atoms with van der Waals surface area (Å²) in [5.74, 6) is 0. The lowest BCUT2D eigenvalue weighted by Crippen LogP contribution is -2.36. The van der Waals surface area contributed by atoms with Crippen molar-refractivity contribution in [2.24, 2.45) is 0 Å². The van der Waals surface area contributed by atoms with Crippen molar-refractivity contribution in [3.8, 4) is 0 Å². The van der Waals surface area contributed by atoms with Gasteiger partial charge in [-0.1, -0.05) is 0 Å². The summed E-state index contributed by atoms with van der Waals surface area (Å²) < 4.78 is 5.36. The number of aliphatic hydroxyl groups is 1. The fourth-order valence-corrected chi connectivity index (χ4v) is 2.14. The molecule has 2 heterocycles. The lowest BCUT2D eigenvalue weighted by molar-refractivity contribution is 0.0855. The standard InChI is InChI=1S/C13H20N2O2/c1-10(16)13-4-3-12(9-14-13)15(2)11-5-7-17-8-6-11/h3-4,9-11,16H,5-8H2,1-2H3/t10-/m0/s1. The molecule has 0 unspecified atom stereocenters. The number of ether oxygens (including phenoxy) is 1. The van der Waals surface area contributed by atoms with E-state index in [9.17, 15) is 5.11 Å². The minimum absolute atomic E-state index is 0.502. The molecule has 4 nitrogen and oxygen atoms in total. The lowest BCUT2D eigenvalue weighted by Gasteiger charge is -2.32. The smallest absolute Gasteiger partial charge is 0.0931 e.